The fraction of sp³-hybridized carbons (Fsp3) is 0.600. The lowest BCUT2D eigenvalue weighted by molar-refractivity contribution is -0.197. The maximum absolute atomic E-state index is 11.7. The largest absolute Gasteiger partial charge is 0.374 e. The van der Waals surface area contributed by atoms with Gasteiger partial charge in [-0.1, -0.05) is 37.2 Å². The molecule has 3 heterocycles. The van der Waals surface area contributed by atoms with E-state index >= 15 is 0 Å². The molecule has 2 aromatic rings. The van der Waals surface area contributed by atoms with E-state index in [2.05, 4.69) is 41.1 Å². The molecule has 1 saturated heterocycles. The van der Waals surface area contributed by atoms with E-state index in [1.807, 2.05) is 37.6 Å². The van der Waals surface area contributed by atoms with E-state index in [4.69, 9.17) is 21.1 Å². The maximum atomic E-state index is 11.7. The van der Waals surface area contributed by atoms with Crippen molar-refractivity contribution in [3.63, 3.8) is 0 Å². The van der Waals surface area contributed by atoms with Gasteiger partial charge in [-0.2, -0.15) is 0 Å². The fourth-order valence-corrected chi connectivity index (χ4v) is 5.08. The van der Waals surface area contributed by atoms with Crippen molar-refractivity contribution in [1.29, 1.82) is 0 Å². The quantitative estimate of drug-likeness (QED) is 0.435. The monoisotopic (exact) mass is 419 g/mol. The van der Waals surface area contributed by atoms with Gasteiger partial charge >= 0.3 is 0 Å². The standard InChI is InChI=1S/C20H26ClN3O3Si/c1-18(2)26-15-14(24-9-7-13-16(21)22-12-23-17(13)24)11-20(25,19(15,3)27-18)8-10-28(4,5)6/h7,9,12,14-15,25H,11H2,1-6H3/t14-,15+,19+,20-/m1/s1. The van der Waals surface area contributed by atoms with Crippen LogP contribution < -0.4 is 0 Å². The van der Waals surface area contributed by atoms with E-state index in [1.165, 1.54) is 6.33 Å². The smallest absolute Gasteiger partial charge is 0.164 e. The van der Waals surface area contributed by atoms with Crippen LogP contribution in [-0.4, -0.2) is 50.8 Å². The molecule has 28 heavy (non-hydrogen) atoms. The zero-order chi connectivity index (χ0) is 20.5. The van der Waals surface area contributed by atoms with Gasteiger partial charge in [0.05, 0.1) is 11.4 Å². The molecule has 0 spiro atoms. The summed E-state index contributed by atoms with van der Waals surface area (Å²) in [6, 6.07) is 1.69. The number of aliphatic hydroxyl groups is 1. The summed E-state index contributed by atoms with van der Waals surface area (Å²) >= 11 is 6.23. The topological polar surface area (TPSA) is 69.4 Å². The third-order valence-corrected chi connectivity index (χ3v) is 6.73. The van der Waals surface area contributed by atoms with Gasteiger partial charge in [0.15, 0.2) is 11.4 Å². The lowest BCUT2D eigenvalue weighted by atomic mass is 9.87. The van der Waals surface area contributed by atoms with Gasteiger partial charge in [0.2, 0.25) is 0 Å². The first-order chi connectivity index (χ1) is 12.9. The Kier molecular flexibility index (Phi) is 4.28. The van der Waals surface area contributed by atoms with Crippen LogP contribution in [0.15, 0.2) is 18.6 Å². The molecule has 1 N–H and O–H groups in total. The normalized spacial score (nSPS) is 34.3. The number of hydrogen-bond donors (Lipinski definition) is 1. The highest BCUT2D eigenvalue weighted by molar-refractivity contribution is 6.83. The fourth-order valence-electron chi connectivity index (χ4n) is 4.31. The van der Waals surface area contributed by atoms with Crippen LogP contribution in [0, 0.1) is 11.5 Å². The van der Waals surface area contributed by atoms with Crippen LogP contribution in [0.4, 0.5) is 0 Å². The molecular formula is C20H26ClN3O3Si. The predicted molar refractivity (Wildman–Crippen MR) is 111 cm³/mol. The number of fused-ring (bicyclic) bond motifs is 2. The Labute approximate surface area is 171 Å². The van der Waals surface area contributed by atoms with Crippen molar-refractivity contribution >= 4 is 30.7 Å². The Morgan fingerprint density at radius 3 is 2.68 bits per heavy atom. The molecule has 4 atom stereocenters. The minimum Gasteiger partial charge on any atom is -0.374 e. The first kappa shape index (κ1) is 19.9. The number of hydrogen-bond acceptors (Lipinski definition) is 5. The SMILES string of the molecule is CC1(C)O[C@H]2[C@H](n3ccc4c(Cl)ncnc43)C[C@](O)(C#C[Si](C)(C)C)[C@@]2(C)O1. The van der Waals surface area contributed by atoms with E-state index in [0.29, 0.717) is 17.2 Å². The van der Waals surface area contributed by atoms with E-state index < -0.39 is 25.1 Å². The van der Waals surface area contributed by atoms with Crippen molar-refractivity contribution in [3.8, 4) is 11.5 Å². The molecule has 4 rings (SSSR count). The van der Waals surface area contributed by atoms with Crippen LogP contribution in [0.3, 0.4) is 0 Å². The zero-order valence-corrected chi connectivity index (χ0v) is 18.8. The summed E-state index contributed by atoms with van der Waals surface area (Å²) in [6.45, 7) is 12.1. The third kappa shape index (κ3) is 2.99. The molecular weight excluding hydrogens is 394 g/mol. The summed E-state index contributed by atoms with van der Waals surface area (Å²) in [5.41, 5.74) is 1.75. The maximum Gasteiger partial charge on any atom is 0.164 e. The van der Waals surface area contributed by atoms with Crippen molar-refractivity contribution < 1.29 is 14.6 Å². The molecule has 0 bridgehead atoms. The number of halogens is 1. The van der Waals surface area contributed by atoms with Gasteiger partial charge in [-0.3, -0.25) is 0 Å². The Balaban J connectivity index is 1.85. The van der Waals surface area contributed by atoms with E-state index in [1.54, 1.807) is 0 Å². The Morgan fingerprint density at radius 2 is 2.00 bits per heavy atom. The summed E-state index contributed by atoms with van der Waals surface area (Å²) in [5.74, 6) is 2.37. The van der Waals surface area contributed by atoms with Crippen molar-refractivity contribution in [3.05, 3.63) is 23.7 Å². The Morgan fingerprint density at radius 1 is 1.29 bits per heavy atom. The minimum atomic E-state index is -1.69. The molecule has 2 aromatic heterocycles. The summed E-state index contributed by atoms with van der Waals surface area (Å²) in [4.78, 5) is 8.47. The molecule has 0 amide bonds. The van der Waals surface area contributed by atoms with Crippen molar-refractivity contribution in [2.24, 2.45) is 0 Å². The van der Waals surface area contributed by atoms with Crippen LogP contribution in [0.5, 0.6) is 0 Å². The molecule has 0 aromatic carbocycles. The van der Waals surface area contributed by atoms with Gasteiger partial charge in [-0.15, -0.1) is 5.54 Å². The Hall–Kier alpha value is -1.43. The third-order valence-electron chi connectivity index (χ3n) is 5.55. The highest BCUT2D eigenvalue weighted by Crippen LogP contribution is 2.56. The number of rotatable bonds is 1. The molecule has 1 saturated carbocycles. The van der Waals surface area contributed by atoms with Crippen LogP contribution >= 0.6 is 11.6 Å². The summed E-state index contributed by atoms with van der Waals surface area (Å²) in [7, 11) is -1.69. The van der Waals surface area contributed by atoms with Crippen molar-refractivity contribution in [2.45, 2.75) is 76.0 Å². The lowest BCUT2D eigenvalue weighted by Crippen LogP contribution is -2.52. The molecule has 150 valence electrons. The first-order valence-corrected chi connectivity index (χ1v) is 13.3. The molecule has 2 aliphatic rings. The molecule has 1 aliphatic heterocycles. The predicted octanol–water partition coefficient (Wildman–Crippen LogP) is 3.55. The molecule has 6 nitrogen and oxygen atoms in total. The van der Waals surface area contributed by atoms with Gasteiger partial charge in [0, 0.05) is 12.6 Å². The lowest BCUT2D eigenvalue weighted by Gasteiger charge is -2.34. The number of aromatic nitrogens is 3. The van der Waals surface area contributed by atoms with Gasteiger partial charge in [0.25, 0.3) is 0 Å². The number of nitrogens with zero attached hydrogens (tertiary/aromatic N) is 3. The Bertz CT molecular complexity index is 1010. The van der Waals surface area contributed by atoms with E-state index in [0.717, 1.165) is 5.39 Å². The highest BCUT2D eigenvalue weighted by atomic mass is 35.5. The van der Waals surface area contributed by atoms with Crippen molar-refractivity contribution in [1.82, 2.24) is 14.5 Å². The summed E-state index contributed by atoms with van der Waals surface area (Å²) < 4.78 is 14.6. The minimum absolute atomic E-state index is 0.198. The molecule has 1 aliphatic carbocycles. The molecule has 0 unspecified atom stereocenters. The molecule has 8 heteroatoms. The second-order valence-electron chi connectivity index (χ2n) is 9.40. The zero-order valence-electron chi connectivity index (χ0n) is 17.1. The average molecular weight is 420 g/mol. The van der Waals surface area contributed by atoms with Crippen LogP contribution in [0.2, 0.25) is 24.8 Å². The molecule has 2 fully saturated rings. The average Bonchev–Trinajstić information content (AvgIpc) is 3.15. The first-order valence-electron chi connectivity index (χ1n) is 9.47. The number of ether oxygens (including phenoxy) is 2. The molecule has 0 radical (unpaired) electrons. The van der Waals surface area contributed by atoms with Crippen LogP contribution in [-0.2, 0) is 9.47 Å². The van der Waals surface area contributed by atoms with Gasteiger partial charge in [-0.25, -0.2) is 9.97 Å². The summed E-state index contributed by atoms with van der Waals surface area (Å²) in [6.07, 6.45) is 3.37. The van der Waals surface area contributed by atoms with Crippen LogP contribution in [0.25, 0.3) is 11.0 Å². The van der Waals surface area contributed by atoms with E-state index in [-0.39, 0.29) is 12.1 Å². The van der Waals surface area contributed by atoms with E-state index in [9.17, 15) is 5.11 Å². The van der Waals surface area contributed by atoms with Crippen molar-refractivity contribution in [2.75, 3.05) is 0 Å². The highest BCUT2D eigenvalue weighted by Gasteiger charge is 2.69. The van der Waals surface area contributed by atoms with Gasteiger partial charge < -0.3 is 19.1 Å². The van der Waals surface area contributed by atoms with Crippen LogP contribution in [0.1, 0.15) is 33.2 Å². The van der Waals surface area contributed by atoms with Gasteiger partial charge in [-0.05, 0) is 26.8 Å². The second-order valence-corrected chi connectivity index (χ2v) is 14.5. The summed E-state index contributed by atoms with van der Waals surface area (Å²) in [5, 5.41) is 12.9. The van der Waals surface area contributed by atoms with Gasteiger partial charge in [0.1, 0.15) is 36.9 Å². The second kappa shape index (κ2) is 6.03.